The number of halogens is 1. The number of aliphatic hydroxyl groups excluding tert-OH is 1. The van der Waals surface area contributed by atoms with Crippen molar-refractivity contribution in [1.82, 2.24) is 9.88 Å². The highest BCUT2D eigenvalue weighted by Crippen LogP contribution is 2.43. The minimum Gasteiger partial charge on any atom is -0.507 e. The van der Waals surface area contributed by atoms with Crippen molar-refractivity contribution in [2.24, 2.45) is 5.92 Å². The van der Waals surface area contributed by atoms with Crippen molar-refractivity contribution in [2.45, 2.75) is 39.8 Å². The molecule has 3 aromatic rings. The van der Waals surface area contributed by atoms with Gasteiger partial charge in [-0.25, -0.2) is 0 Å². The molecule has 8 heteroatoms. The van der Waals surface area contributed by atoms with Crippen molar-refractivity contribution in [3.8, 4) is 11.5 Å². The second kappa shape index (κ2) is 12.1. The molecule has 0 radical (unpaired) electrons. The number of rotatable bonds is 10. The van der Waals surface area contributed by atoms with Crippen LogP contribution in [0.2, 0.25) is 5.02 Å². The predicted octanol–water partition coefficient (Wildman–Crippen LogP) is 6.18. The number of pyridine rings is 1. The zero-order valence-electron chi connectivity index (χ0n) is 21.7. The number of benzene rings is 2. The van der Waals surface area contributed by atoms with Crippen molar-refractivity contribution in [3.05, 3.63) is 94.3 Å². The molecule has 4 rings (SSSR count). The number of hydrogen-bond donors (Lipinski definition) is 1. The van der Waals surface area contributed by atoms with E-state index >= 15 is 0 Å². The Bertz CT molecular complexity index is 1320. The number of aromatic nitrogens is 1. The van der Waals surface area contributed by atoms with E-state index in [1.54, 1.807) is 67.0 Å². The summed E-state index contributed by atoms with van der Waals surface area (Å²) in [7, 11) is 0. The third-order valence-corrected chi connectivity index (χ3v) is 6.55. The Morgan fingerprint density at radius 1 is 1.03 bits per heavy atom. The normalized spacial score (nSPS) is 16.8. The van der Waals surface area contributed by atoms with Gasteiger partial charge in [0.2, 0.25) is 0 Å². The monoisotopic (exact) mass is 534 g/mol. The first kappa shape index (κ1) is 27.2. The first-order chi connectivity index (χ1) is 18.3. The molecule has 1 N–H and O–H groups in total. The second-order valence-corrected chi connectivity index (χ2v) is 9.90. The van der Waals surface area contributed by atoms with E-state index in [9.17, 15) is 14.7 Å². The van der Waals surface area contributed by atoms with Crippen LogP contribution in [0.5, 0.6) is 11.5 Å². The number of Topliss-reactive ketones (excluding diaryl/α,β-unsaturated/α-hetero) is 1. The third-order valence-electron chi connectivity index (χ3n) is 6.30. The van der Waals surface area contributed by atoms with Crippen molar-refractivity contribution in [2.75, 3.05) is 13.2 Å². The number of ketones is 1. The standard InChI is InChI=1S/C30H31ClN2O5/c1-4-37-25-17-22(7-10-24(25)38-16-13-19(2)3)27-26(28(34)21-5-8-23(31)9-6-21)29(35)30(36)33(27)18-20-11-14-32-15-12-20/h5-12,14-15,17,19,27,34H,4,13,16,18H2,1-3H3. The van der Waals surface area contributed by atoms with E-state index in [-0.39, 0.29) is 17.9 Å². The van der Waals surface area contributed by atoms with E-state index < -0.39 is 17.7 Å². The topological polar surface area (TPSA) is 89.0 Å². The zero-order valence-corrected chi connectivity index (χ0v) is 22.4. The van der Waals surface area contributed by atoms with Crippen molar-refractivity contribution in [1.29, 1.82) is 0 Å². The molecular formula is C30H31ClN2O5. The second-order valence-electron chi connectivity index (χ2n) is 9.46. The van der Waals surface area contributed by atoms with Gasteiger partial charge in [-0.3, -0.25) is 14.6 Å². The molecule has 38 heavy (non-hydrogen) atoms. The van der Waals surface area contributed by atoms with E-state index in [0.717, 1.165) is 12.0 Å². The quantitative estimate of drug-likeness (QED) is 0.190. The van der Waals surface area contributed by atoms with Gasteiger partial charge in [-0.1, -0.05) is 31.5 Å². The molecule has 1 atom stereocenters. The maximum Gasteiger partial charge on any atom is 0.295 e. The molecular weight excluding hydrogens is 504 g/mol. The summed E-state index contributed by atoms with van der Waals surface area (Å²) in [5, 5.41) is 11.8. The number of nitrogens with zero attached hydrogens (tertiary/aromatic N) is 2. The molecule has 0 bridgehead atoms. The van der Waals surface area contributed by atoms with Crippen LogP contribution in [-0.4, -0.2) is 39.9 Å². The molecule has 0 saturated carbocycles. The summed E-state index contributed by atoms with van der Waals surface area (Å²) >= 11 is 6.02. The molecule has 2 heterocycles. The van der Waals surface area contributed by atoms with Crippen LogP contribution in [0.3, 0.4) is 0 Å². The maximum atomic E-state index is 13.4. The Hall–Kier alpha value is -3.84. The maximum absolute atomic E-state index is 13.4. The Morgan fingerprint density at radius 2 is 1.74 bits per heavy atom. The van der Waals surface area contributed by atoms with Crippen LogP contribution in [0.1, 0.15) is 49.9 Å². The molecule has 1 fully saturated rings. The summed E-state index contributed by atoms with van der Waals surface area (Å²) in [5.41, 5.74) is 1.81. The molecule has 7 nitrogen and oxygen atoms in total. The van der Waals surface area contributed by atoms with Gasteiger partial charge in [-0.2, -0.15) is 0 Å². The SMILES string of the molecule is CCOc1cc(C2C(=C(O)c3ccc(Cl)cc3)C(=O)C(=O)N2Cc2ccncc2)ccc1OCCC(C)C. The fourth-order valence-electron chi connectivity index (χ4n) is 4.32. The molecule has 1 aliphatic heterocycles. The van der Waals surface area contributed by atoms with Gasteiger partial charge in [0.1, 0.15) is 5.76 Å². The summed E-state index contributed by atoms with van der Waals surface area (Å²) in [5.74, 6) is -0.137. The molecule has 1 amide bonds. The third kappa shape index (κ3) is 6.00. The average Bonchev–Trinajstić information content (AvgIpc) is 3.15. The lowest BCUT2D eigenvalue weighted by molar-refractivity contribution is -0.140. The molecule has 1 saturated heterocycles. The molecule has 1 aliphatic rings. The summed E-state index contributed by atoms with van der Waals surface area (Å²) in [6.45, 7) is 7.23. The van der Waals surface area contributed by atoms with E-state index in [1.165, 1.54) is 4.90 Å². The van der Waals surface area contributed by atoms with Gasteiger partial charge in [0.05, 0.1) is 24.8 Å². The lowest BCUT2D eigenvalue weighted by Crippen LogP contribution is -2.29. The Labute approximate surface area is 227 Å². The molecule has 0 spiro atoms. The number of amides is 1. The fourth-order valence-corrected chi connectivity index (χ4v) is 4.45. The molecule has 1 aromatic heterocycles. The van der Waals surface area contributed by atoms with Gasteiger partial charge >= 0.3 is 0 Å². The highest BCUT2D eigenvalue weighted by molar-refractivity contribution is 6.46. The number of aliphatic hydroxyl groups is 1. The van der Waals surface area contributed by atoms with Crippen molar-refractivity contribution < 1.29 is 24.2 Å². The molecule has 198 valence electrons. The van der Waals surface area contributed by atoms with E-state index in [1.807, 2.05) is 6.92 Å². The summed E-state index contributed by atoms with van der Waals surface area (Å²) < 4.78 is 11.9. The number of ether oxygens (including phenoxy) is 2. The number of hydrogen-bond acceptors (Lipinski definition) is 6. The summed E-state index contributed by atoms with van der Waals surface area (Å²) in [6, 6.07) is 14.6. The smallest absolute Gasteiger partial charge is 0.295 e. The first-order valence-corrected chi connectivity index (χ1v) is 13.0. The Balaban J connectivity index is 1.81. The molecule has 2 aromatic carbocycles. The lowest BCUT2D eigenvalue weighted by Gasteiger charge is -2.26. The van der Waals surface area contributed by atoms with Gasteiger partial charge < -0.3 is 19.5 Å². The van der Waals surface area contributed by atoms with Gasteiger partial charge in [-0.15, -0.1) is 0 Å². The summed E-state index contributed by atoms with van der Waals surface area (Å²) in [6.07, 6.45) is 4.15. The average molecular weight is 535 g/mol. The molecule has 1 unspecified atom stereocenters. The van der Waals surface area contributed by atoms with E-state index in [2.05, 4.69) is 18.8 Å². The van der Waals surface area contributed by atoms with Crippen LogP contribution in [0.15, 0.2) is 72.6 Å². The summed E-state index contributed by atoms with van der Waals surface area (Å²) in [4.78, 5) is 32.2. The number of carbonyl (C=O) groups is 2. The largest absolute Gasteiger partial charge is 0.507 e. The fraction of sp³-hybridized carbons (Fsp3) is 0.300. The van der Waals surface area contributed by atoms with Crippen LogP contribution >= 0.6 is 11.6 Å². The molecule has 0 aliphatic carbocycles. The van der Waals surface area contributed by atoms with Gasteiger partial charge in [0.15, 0.2) is 11.5 Å². The van der Waals surface area contributed by atoms with Crippen LogP contribution in [0.25, 0.3) is 5.76 Å². The lowest BCUT2D eigenvalue weighted by atomic mass is 9.95. The van der Waals surface area contributed by atoms with E-state index in [4.69, 9.17) is 21.1 Å². The van der Waals surface area contributed by atoms with Crippen LogP contribution in [-0.2, 0) is 16.1 Å². The predicted molar refractivity (Wildman–Crippen MR) is 146 cm³/mol. The van der Waals surface area contributed by atoms with Crippen LogP contribution in [0.4, 0.5) is 0 Å². The van der Waals surface area contributed by atoms with Crippen LogP contribution in [0, 0.1) is 5.92 Å². The van der Waals surface area contributed by atoms with Crippen LogP contribution < -0.4 is 9.47 Å². The zero-order chi connectivity index (χ0) is 27.2. The number of likely N-dealkylation sites (tertiary alicyclic amines) is 1. The van der Waals surface area contributed by atoms with Crippen molar-refractivity contribution in [3.63, 3.8) is 0 Å². The van der Waals surface area contributed by atoms with Gasteiger partial charge in [-0.05, 0) is 78.9 Å². The first-order valence-electron chi connectivity index (χ1n) is 12.6. The minimum atomic E-state index is -0.845. The van der Waals surface area contributed by atoms with Crippen molar-refractivity contribution >= 4 is 29.1 Å². The minimum absolute atomic E-state index is 0.00213. The van der Waals surface area contributed by atoms with Gasteiger partial charge in [0, 0.05) is 29.5 Å². The Morgan fingerprint density at radius 3 is 2.39 bits per heavy atom. The van der Waals surface area contributed by atoms with E-state index in [0.29, 0.717) is 46.8 Å². The highest BCUT2D eigenvalue weighted by Gasteiger charge is 2.46. The highest BCUT2D eigenvalue weighted by atomic mass is 35.5. The Kier molecular flexibility index (Phi) is 8.69. The van der Waals surface area contributed by atoms with Gasteiger partial charge in [0.25, 0.3) is 11.7 Å². The number of carbonyl (C=O) groups excluding carboxylic acids is 2.